The zero-order valence-electron chi connectivity index (χ0n) is 19.6. The first-order valence-corrected chi connectivity index (χ1v) is 11.1. The standard InChI is InChI=1S/C24H30N6O3/c1-14-6-7-15-10-16(8-9-18(15)26-14)19-13-30(28-27-19)21(24(2,3)4)23(33)29-12-17(31)11-20(29)22(32)25-5/h6-10,13,17,20-21,31H,11-12H2,1-5H3,(H,25,32)/t17?,20-,21?/m1/s1. The number of likely N-dealkylation sites (tertiary alicyclic amines) is 1. The van der Waals surface area contributed by atoms with Crippen LogP contribution in [0.1, 0.15) is 38.9 Å². The van der Waals surface area contributed by atoms with Crippen LogP contribution in [0.2, 0.25) is 0 Å². The minimum absolute atomic E-state index is 0.113. The first kappa shape index (κ1) is 22.8. The Morgan fingerprint density at radius 1 is 1.21 bits per heavy atom. The van der Waals surface area contributed by atoms with Crippen molar-refractivity contribution in [3.8, 4) is 11.3 Å². The number of aromatic nitrogens is 4. The Hall–Kier alpha value is -3.33. The van der Waals surface area contributed by atoms with Gasteiger partial charge in [-0.25, -0.2) is 4.68 Å². The molecule has 2 N–H and O–H groups in total. The van der Waals surface area contributed by atoms with Crippen molar-refractivity contribution in [3.63, 3.8) is 0 Å². The Kier molecular flexibility index (Phi) is 5.92. The molecule has 3 heterocycles. The number of aliphatic hydroxyl groups excluding tert-OH is 1. The van der Waals surface area contributed by atoms with Gasteiger partial charge in [0.25, 0.3) is 0 Å². The lowest BCUT2D eigenvalue weighted by atomic mass is 9.85. The van der Waals surface area contributed by atoms with Gasteiger partial charge in [-0.3, -0.25) is 14.6 Å². The summed E-state index contributed by atoms with van der Waals surface area (Å²) in [5, 5.41) is 22.4. The molecule has 0 bridgehead atoms. The lowest BCUT2D eigenvalue weighted by molar-refractivity contribution is -0.144. The Bertz CT molecular complexity index is 1200. The zero-order valence-corrected chi connectivity index (χ0v) is 19.6. The summed E-state index contributed by atoms with van der Waals surface area (Å²) >= 11 is 0. The number of aryl methyl sites for hydroxylation is 1. The van der Waals surface area contributed by atoms with Crippen molar-refractivity contribution in [2.45, 2.75) is 52.3 Å². The quantitative estimate of drug-likeness (QED) is 0.629. The van der Waals surface area contributed by atoms with Crippen LogP contribution in [0.3, 0.4) is 0 Å². The van der Waals surface area contributed by atoms with E-state index in [-0.39, 0.29) is 24.8 Å². The Morgan fingerprint density at radius 2 is 1.97 bits per heavy atom. The van der Waals surface area contributed by atoms with E-state index in [1.807, 2.05) is 58.0 Å². The van der Waals surface area contributed by atoms with Crippen molar-refractivity contribution in [2.75, 3.05) is 13.6 Å². The van der Waals surface area contributed by atoms with Crippen LogP contribution in [0.4, 0.5) is 0 Å². The van der Waals surface area contributed by atoms with Gasteiger partial charge in [0.05, 0.1) is 17.8 Å². The lowest BCUT2D eigenvalue weighted by Crippen LogP contribution is -2.49. The fourth-order valence-corrected chi connectivity index (χ4v) is 4.43. The van der Waals surface area contributed by atoms with Crippen LogP contribution < -0.4 is 5.32 Å². The van der Waals surface area contributed by atoms with Crippen LogP contribution in [-0.2, 0) is 9.59 Å². The van der Waals surface area contributed by atoms with Crippen LogP contribution in [0.25, 0.3) is 22.2 Å². The number of pyridine rings is 1. The van der Waals surface area contributed by atoms with E-state index in [4.69, 9.17) is 0 Å². The largest absolute Gasteiger partial charge is 0.391 e. The first-order chi connectivity index (χ1) is 15.6. The number of β-amino-alcohol motifs (C(OH)–C–C–N with tert-alkyl or cyclic N) is 1. The van der Waals surface area contributed by atoms with E-state index in [0.717, 1.165) is 22.2 Å². The highest BCUT2D eigenvalue weighted by Crippen LogP contribution is 2.35. The molecule has 1 aliphatic rings. The molecule has 1 aliphatic heterocycles. The monoisotopic (exact) mass is 450 g/mol. The summed E-state index contributed by atoms with van der Waals surface area (Å²) in [6.45, 7) is 7.91. The van der Waals surface area contributed by atoms with Gasteiger partial charge in [0.15, 0.2) is 0 Å². The summed E-state index contributed by atoms with van der Waals surface area (Å²) < 4.78 is 1.57. The Morgan fingerprint density at radius 3 is 2.67 bits per heavy atom. The lowest BCUT2D eigenvalue weighted by Gasteiger charge is -2.34. The average molecular weight is 451 g/mol. The van der Waals surface area contributed by atoms with Gasteiger partial charge in [-0.05, 0) is 30.5 Å². The number of benzene rings is 1. The van der Waals surface area contributed by atoms with E-state index in [9.17, 15) is 14.7 Å². The van der Waals surface area contributed by atoms with E-state index in [1.165, 1.54) is 11.9 Å². The Balaban J connectivity index is 1.68. The first-order valence-electron chi connectivity index (χ1n) is 11.1. The molecule has 2 unspecified atom stereocenters. The third kappa shape index (κ3) is 4.45. The number of hydrogen-bond acceptors (Lipinski definition) is 6. The summed E-state index contributed by atoms with van der Waals surface area (Å²) in [7, 11) is 1.53. The molecule has 4 rings (SSSR count). The van der Waals surface area contributed by atoms with E-state index in [2.05, 4.69) is 20.6 Å². The molecule has 174 valence electrons. The predicted octanol–water partition coefficient (Wildman–Crippen LogP) is 2.10. The van der Waals surface area contributed by atoms with E-state index in [0.29, 0.717) is 5.69 Å². The van der Waals surface area contributed by atoms with Crippen molar-refractivity contribution in [3.05, 3.63) is 42.2 Å². The molecule has 3 aromatic rings. The molecule has 1 saturated heterocycles. The third-order valence-corrected chi connectivity index (χ3v) is 6.06. The molecule has 0 radical (unpaired) electrons. The number of aliphatic hydroxyl groups is 1. The van der Waals surface area contributed by atoms with Crippen LogP contribution in [0, 0.1) is 12.3 Å². The molecule has 9 nitrogen and oxygen atoms in total. The van der Waals surface area contributed by atoms with Gasteiger partial charge in [0.1, 0.15) is 17.8 Å². The molecule has 1 fully saturated rings. The molecule has 2 aromatic heterocycles. The topological polar surface area (TPSA) is 113 Å². The molecule has 33 heavy (non-hydrogen) atoms. The highest BCUT2D eigenvalue weighted by atomic mass is 16.3. The summed E-state index contributed by atoms with van der Waals surface area (Å²) in [4.78, 5) is 32.0. The molecule has 3 atom stereocenters. The van der Waals surface area contributed by atoms with Gasteiger partial charge in [0, 0.05) is 36.7 Å². The summed E-state index contributed by atoms with van der Waals surface area (Å²) in [5.74, 6) is -0.547. The number of nitrogens with zero attached hydrogens (tertiary/aromatic N) is 5. The van der Waals surface area contributed by atoms with Gasteiger partial charge in [0.2, 0.25) is 11.8 Å². The normalized spacial score (nSPS) is 19.6. The molecule has 0 saturated carbocycles. The van der Waals surface area contributed by atoms with Crippen LogP contribution in [0.5, 0.6) is 0 Å². The number of carbonyl (C=O) groups excluding carboxylic acids is 2. The van der Waals surface area contributed by atoms with Gasteiger partial charge in [-0.2, -0.15) is 0 Å². The maximum absolute atomic E-state index is 13.7. The second kappa shape index (κ2) is 8.55. The van der Waals surface area contributed by atoms with E-state index < -0.39 is 23.6 Å². The second-order valence-electron chi connectivity index (χ2n) is 9.72. The molecule has 0 spiro atoms. The number of carbonyl (C=O) groups is 2. The van der Waals surface area contributed by atoms with Gasteiger partial charge in [-0.1, -0.05) is 38.1 Å². The zero-order chi connectivity index (χ0) is 23.9. The van der Waals surface area contributed by atoms with E-state index >= 15 is 0 Å². The van der Waals surface area contributed by atoms with E-state index in [1.54, 1.807) is 10.9 Å². The number of hydrogen-bond donors (Lipinski definition) is 2. The number of likely N-dealkylation sites (N-methyl/N-ethyl adjacent to an activating group) is 1. The maximum Gasteiger partial charge on any atom is 0.248 e. The number of fused-ring (bicyclic) bond motifs is 1. The SMILES string of the molecule is CNC(=O)[C@H]1CC(O)CN1C(=O)C(n1cc(-c2ccc3nc(C)ccc3c2)nn1)C(C)(C)C. The number of rotatable bonds is 4. The Labute approximate surface area is 192 Å². The van der Waals surface area contributed by atoms with Gasteiger partial charge in [-0.15, -0.1) is 5.10 Å². The maximum atomic E-state index is 13.7. The van der Waals surface area contributed by atoms with Crippen LogP contribution >= 0.6 is 0 Å². The molecular formula is C24H30N6O3. The fraction of sp³-hybridized carbons (Fsp3) is 0.458. The number of amides is 2. The molecule has 1 aromatic carbocycles. The van der Waals surface area contributed by atoms with Crippen molar-refractivity contribution in [2.24, 2.45) is 5.41 Å². The third-order valence-electron chi connectivity index (χ3n) is 6.06. The van der Waals surface area contributed by atoms with Crippen molar-refractivity contribution in [1.82, 2.24) is 30.2 Å². The summed E-state index contributed by atoms with van der Waals surface area (Å²) in [5.41, 5.74) is 2.87. The van der Waals surface area contributed by atoms with Gasteiger partial charge >= 0.3 is 0 Å². The summed E-state index contributed by atoms with van der Waals surface area (Å²) in [6, 6.07) is 8.47. The van der Waals surface area contributed by atoms with Gasteiger partial charge < -0.3 is 15.3 Å². The fourth-order valence-electron chi connectivity index (χ4n) is 4.43. The van der Waals surface area contributed by atoms with Crippen molar-refractivity contribution < 1.29 is 14.7 Å². The smallest absolute Gasteiger partial charge is 0.248 e. The minimum atomic E-state index is -0.738. The van der Waals surface area contributed by atoms with Crippen molar-refractivity contribution >= 4 is 22.7 Å². The highest BCUT2D eigenvalue weighted by molar-refractivity contribution is 5.90. The average Bonchev–Trinajstić information content (AvgIpc) is 3.39. The molecule has 2 amide bonds. The second-order valence-corrected chi connectivity index (χ2v) is 9.72. The highest BCUT2D eigenvalue weighted by Gasteiger charge is 2.45. The minimum Gasteiger partial charge on any atom is -0.391 e. The van der Waals surface area contributed by atoms with Crippen LogP contribution in [0.15, 0.2) is 36.5 Å². The number of nitrogens with one attached hydrogen (secondary N) is 1. The molecule has 9 heteroatoms. The molecular weight excluding hydrogens is 420 g/mol. The molecule has 0 aliphatic carbocycles. The summed E-state index contributed by atoms with van der Waals surface area (Å²) in [6.07, 6.45) is 1.24. The van der Waals surface area contributed by atoms with Crippen LogP contribution in [-0.4, -0.2) is 67.5 Å². The predicted molar refractivity (Wildman–Crippen MR) is 124 cm³/mol. The van der Waals surface area contributed by atoms with Crippen molar-refractivity contribution in [1.29, 1.82) is 0 Å².